The van der Waals surface area contributed by atoms with Crippen molar-refractivity contribution in [3.05, 3.63) is 64.0 Å². The predicted molar refractivity (Wildman–Crippen MR) is 119 cm³/mol. The number of aryl methyl sites for hydroxylation is 1. The molecule has 11 heteroatoms. The normalized spacial score (nSPS) is 15.8. The standard InChI is InChI=1S/C22H25N5O5S/c1-14-19(11-24-33(31,32)25(2)3)16-8-9-26(12-15(16)10-23-14)20(28)13-27-21(29)17-6-4-5-7-18(17)22(27)30/h4-7,10,24H,8-9,11-13H2,1-3H3. The Morgan fingerprint density at radius 3 is 2.39 bits per heavy atom. The van der Waals surface area contributed by atoms with E-state index in [0.29, 0.717) is 24.1 Å². The Hall–Kier alpha value is -3.15. The largest absolute Gasteiger partial charge is 0.336 e. The topological polar surface area (TPSA) is 120 Å². The Labute approximate surface area is 192 Å². The number of hydrogen-bond acceptors (Lipinski definition) is 6. The van der Waals surface area contributed by atoms with Gasteiger partial charge in [0.1, 0.15) is 6.54 Å². The van der Waals surface area contributed by atoms with Gasteiger partial charge >= 0.3 is 0 Å². The van der Waals surface area contributed by atoms with Gasteiger partial charge in [-0.3, -0.25) is 24.3 Å². The minimum absolute atomic E-state index is 0.103. The number of carbonyl (C=O) groups is 3. The second-order valence-electron chi connectivity index (χ2n) is 8.24. The average molecular weight is 472 g/mol. The number of amides is 3. The molecule has 2 aliphatic heterocycles. The number of rotatable bonds is 6. The lowest BCUT2D eigenvalue weighted by Crippen LogP contribution is -2.44. The van der Waals surface area contributed by atoms with E-state index in [1.54, 1.807) is 35.4 Å². The molecule has 1 aromatic carbocycles. The minimum atomic E-state index is -3.59. The van der Waals surface area contributed by atoms with E-state index in [1.165, 1.54) is 14.1 Å². The maximum atomic E-state index is 13.0. The van der Waals surface area contributed by atoms with Crippen LogP contribution in [-0.2, 0) is 34.5 Å². The van der Waals surface area contributed by atoms with Crippen LogP contribution in [-0.4, -0.2) is 72.4 Å². The molecule has 1 N–H and O–H groups in total. The maximum absolute atomic E-state index is 13.0. The Bertz CT molecular complexity index is 1220. The summed E-state index contributed by atoms with van der Waals surface area (Å²) in [7, 11) is -0.688. The van der Waals surface area contributed by atoms with Crippen LogP contribution in [0.5, 0.6) is 0 Å². The van der Waals surface area contributed by atoms with E-state index in [9.17, 15) is 22.8 Å². The highest BCUT2D eigenvalue weighted by Crippen LogP contribution is 2.26. The molecule has 4 rings (SSSR count). The Balaban J connectivity index is 1.48. The van der Waals surface area contributed by atoms with E-state index in [0.717, 1.165) is 31.6 Å². The molecule has 0 atom stereocenters. The fraction of sp³-hybridized carbons (Fsp3) is 0.364. The van der Waals surface area contributed by atoms with Gasteiger partial charge in [-0.15, -0.1) is 0 Å². The summed E-state index contributed by atoms with van der Waals surface area (Å²) in [5.41, 5.74) is 3.93. The average Bonchev–Trinajstić information content (AvgIpc) is 3.03. The predicted octanol–water partition coefficient (Wildman–Crippen LogP) is 0.467. The van der Waals surface area contributed by atoms with E-state index in [1.807, 2.05) is 6.92 Å². The van der Waals surface area contributed by atoms with Gasteiger partial charge in [-0.1, -0.05) is 12.1 Å². The maximum Gasteiger partial charge on any atom is 0.279 e. The van der Waals surface area contributed by atoms with Crippen LogP contribution in [0.1, 0.15) is 43.1 Å². The zero-order valence-electron chi connectivity index (χ0n) is 18.7. The molecule has 3 heterocycles. The molecule has 2 aliphatic rings. The first-order valence-electron chi connectivity index (χ1n) is 10.5. The lowest BCUT2D eigenvalue weighted by atomic mass is 9.95. The SMILES string of the molecule is Cc1ncc2c(c1CNS(=O)(=O)N(C)C)CCN(C(=O)CN1C(=O)c3ccccc3C1=O)C2. The fourth-order valence-corrected chi connectivity index (χ4v) is 4.66. The smallest absolute Gasteiger partial charge is 0.279 e. The van der Waals surface area contributed by atoms with Crippen molar-refractivity contribution in [1.82, 2.24) is 23.8 Å². The number of imide groups is 1. The van der Waals surface area contributed by atoms with E-state index >= 15 is 0 Å². The van der Waals surface area contributed by atoms with Crippen molar-refractivity contribution in [2.75, 3.05) is 27.2 Å². The van der Waals surface area contributed by atoms with E-state index in [4.69, 9.17) is 0 Å². The number of nitrogens with zero attached hydrogens (tertiary/aromatic N) is 4. The number of hydrogen-bond donors (Lipinski definition) is 1. The number of nitrogens with one attached hydrogen (secondary N) is 1. The van der Waals surface area contributed by atoms with Crippen LogP contribution >= 0.6 is 0 Å². The molecule has 1 aromatic heterocycles. The number of pyridine rings is 1. The summed E-state index contributed by atoms with van der Waals surface area (Å²) in [5, 5.41) is 0. The second kappa shape index (κ2) is 8.65. The van der Waals surface area contributed by atoms with Crippen molar-refractivity contribution in [3.63, 3.8) is 0 Å². The molecule has 0 unspecified atom stereocenters. The summed E-state index contributed by atoms with van der Waals surface area (Å²) in [6.45, 7) is 2.27. The summed E-state index contributed by atoms with van der Waals surface area (Å²) < 4.78 is 27.9. The summed E-state index contributed by atoms with van der Waals surface area (Å²) in [4.78, 5) is 45.1. The highest BCUT2D eigenvalue weighted by Gasteiger charge is 2.37. The number of carbonyl (C=O) groups excluding carboxylic acids is 3. The first kappa shape index (κ1) is 23.0. The van der Waals surface area contributed by atoms with Crippen LogP contribution in [0, 0.1) is 6.92 Å². The van der Waals surface area contributed by atoms with Gasteiger partial charge in [-0.2, -0.15) is 17.4 Å². The molecule has 174 valence electrons. The summed E-state index contributed by atoms with van der Waals surface area (Å²) in [6, 6.07) is 6.53. The molecular formula is C22H25N5O5S. The Morgan fingerprint density at radius 1 is 1.15 bits per heavy atom. The molecule has 0 radical (unpaired) electrons. The van der Waals surface area contributed by atoms with Crippen LogP contribution in [0.2, 0.25) is 0 Å². The van der Waals surface area contributed by atoms with Gasteiger partial charge in [0.25, 0.3) is 22.0 Å². The van der Waals surface area contributed by atoms with Crippen molar-refractivity contribution < 1.29 is 22.8 Å². The van der Waals surface area contributed by atoms with Crippen LogP contribution in [0.25, 0.3) is 0 Å². The highest BCUT2D eigenvalue weighted by atomic mass is 32.2. The molecule has 33 heavy (non-hydrogen) atoms. The van der Waals surface area contributed by atoms with E-state index in [-0.39, 0.29) is 25.5 Å². The third kappa shape index (κ3) is 4.26. The summed E-state index contributed by atoms with van der Waals surface area (Å²) >= 11 is 0. The quantitative estimate of drug-likeness (QED) is 0.612. The molecule has 0 spiro atoms. The molecule has 0 aliphatic carbocycles. The molecule has 0 saturated heterocycles. The monoisotopic (exact) mass is 471 g/mol. The molecule has 3 amide bonds. The van der Waals surface area contributed by atoms with Crippen LogP contribution < -0.4 is 4.72 Å². The summed E-state index contributed by atoms with van der Waals surface area (Å²) in [5.74, 6) is -1.26. The zero-order valence-corrected chi connectivity index (χ0v) is 19.5. The van der Waals surface area contributed by atoms with Gasteiger partial charge in [0.2, 0.25) is 5.91 Å². The van der Waals surface area contributed by atoms with Gasteiger partial charge in [0.05, 0.1) is 11.1 Å². The van der Waals surface area contributed by atoms with Gasteiger partial charge in [-0.25, -0.2) is 0 Å². The number of fused-ring (bicyclic) bond motifs is 2. The molecule has 0 fully saturated rings. The van der Waals surface area contributed by atoms with Crippen molar-refractivity contribution >= 4 is 27.9 Å². The zero-order chi connectivity index (χ0) is 23.9. The van der Waals surface area contributed by atoms with Crippen molar-refractivity contribution in [3.8, 4) is 0 Å². The molecule has 0 saturated carbocycles. The first-order chi connectivity index (χ1) is 15.6. The van der Waals surface area contributed by atoms with E-state index < -0.39 is 22.0 Å². The van der Waals surface area contributed by atoms with Crippen LogP contribution in [0.4, 0.5) is 0 Å². The van der Waals surface area contributed by atoms with Gasteiger partial charge < -0.3 is 4.90 Å². The Kier molecular flexibility index (Phi) is 6.04. The highest BCUT2D eigenvalue weighted by molar-refractivity contribution is 7.87. The van der Waals surface area contributed by atoms with Gasteiger partial charge in [0.15, 0.2) is 0 Å². The lowest BCUT2D eigenvalue weighted by Gasteiger charge is -2.31. The fourth-order valence-electron chi connectivity index (χ4n) is 4.08. The molecule has 0 bridgehead atoms. The summed E-state index contributed by atoms with van der Waals surface area (Å²) in [6.07, 6.45) is 2.21. The molecular weight excluding hydrogens is 446 g/mol. The van der Waals surface area contributed by atoms with Gasteiger partial charge in [-0.05, 0) is 42.2 Å². The van der Waals surface area contributed by atoms with Crippen molar-refractivity contribution in [2.24, 2.45) is 0 Å². The third-order valence-corrected chi connectivity index (χ3v) is 7.50. The van der Waals surface area contributed by atoms with Gasteiger partial charge in [0, 0.05) is 45.6 Å². The van der Waals surface area contributed by atoms with Crippen LogP contribution in [0.15, 0.2) is 30.5 Å². The van der Waals surface area contributed by atoms with Crippen LogP contribution in [0.3, 0.4) is 0 Å². The molecule has 2 aromatic rings. The second-order valence-corrected chi connectivity index (χ2v) is 10.2. The van der Waals surface area contributed by atoms with Crippen molar-refractivity contribution in [2.45, 2.75) is 26.4 Å². The molecule has 10 nitrogen and oxygen atoms in total. The minimum Gasteiger partial charge on any atom is -0.336 e. The lowest BCUT2D eigenvalue weighted by molar-refractivity contribution is -0.132. The Morgan fingerprint density at radius 2 is 1.79 bits per heavy atom. The van der Waals surface area contributed by atoms with E-state index in [2.05, 4.69) is 9.71 Å². The van der Waals surface area contributed by atoms with Crippen molar-refractivity contribution in [1.29, 1.82) is 0 Å². The number of benzene rings is 1. The number of aromatic nitrogens is 1. The first-order valence-corrected chi connectivity index (χ1v) is 11.9. The third-order valence-electron chi connectivity index (χ3n) is 6.03.